The van der Waals surface area contributed by atoms with Gasteiger partial charge in [0, 0.05) is 0 Å². The van der Waals surface area contributed by atoms with Gasteiger partial charge in [-0.3, -0.25) is 0 Å². The average molecular weight is 182 g/mol. The van der Waals surface area contributed by atoms with Crippen LogP contribution in [0.15, 0.2) is 0 Å². The van der Waals surface area contributed by atoms with E-state index in [9.17, 15) is 0 Å². The summed E-state index contributed by atoms with van der Waals surface area (Å²) < 4.78 is 0. The molecule has 0 amide bonds. The Morgan fingerprint density at radius 1 is 1.08 bits per heavy atom. The highest BCUT2D eigenvalue weighted by molar-refractivity contribution is 4.89. The zero-order chi connectivity index (χ0) is 9.15. The van der Waals surface area contributed by atoms with E-state index in [1.54, 1.807) is 0 Å². The van der Waals surface area contributed by atoms with E-state index >= 15 is 0 Å². The van der Waals surface area contributed by atoms with Crippen molar-refractivity contribution in [2.45, 2.75) is 38.5 Å². The molecule has 1 saturated carbocycles. The second kappa shape index (κ2) is 3.97. The molecule has 0 atom stereocenters. The minimum atomic E-state index is 0.558. The topological polar surface area (TPSA) is 29.3 Å². The van der Waals surface area contributed by atoms with Crippen molar-refractivity contribution in [3.63, 3.8) is 0 Å². The van der Waals surface area contributed by atoms with Crippen LogP contribution in [0.5, 0.6) is 0 Å². The number of hydrogen-bond acceptors (Lipinski definition) is 2. The number of rotatable bonds is 4. The van der Waals surface area contributed by atoms with Gasteiger partial charge in [0.25, 0.3) is 0 Å². The van der Waals surface area contributed by atoms with Crippen LogP contribution < -0.4 is 5.73 Å². The molecule has 76 valence electrons. The normalized spacial score (nSPS) is 27.5. The van der Waals surface area contributed by atoms with E-state index in [-0.39, 0.29) is 0 Å². The fourth-order valence-electron chi connectivity index (χ4n) is 2.63. The first kappa shape index (κ1) is 9.47. The van der Waals surface area contributed by atoms with Crippen LogP contribution in [0.3, 0.4) is 0 Å². The van der Waals surface area contributed by atoms with Crippen molar-refractivity contribution in [3.8, 4) is 0 Å². The van der Waals surface area contributed by atoms with Crippen LogP contribution in [0.25, 0.3) is 0 Å². The van der Waals surface area contributed by atoms with Gasteiger partial charge in [-0.25, -0.2) is 0 Å². The van der Waals surface area contributed by atoms with E-state index in [1.165, 1.54) is 58.2 Å². The fraction of sp³-hybridized carbons (Fsp3) is 1.00. The van der Waals surface area contributed by atoms with Gasteiger partial charge in [0.15, 0.2) is 0 Å². The van der Waals surface area contributed by atoms with E-state index in [4.69, 9.17) is 5.73 Å². The predicted octanol–water partition coefficient (Wildman–Crippen LogP) is 1.60. The molecular formula is C11H22N2. The molecule has 2 aliphatic rings. The standard InChI is InChI=1S/C11H22N2/c12-10-11(4-3-5-11)6-9-13-7-1-2-8-13/h1-10,12H2. The van der Waals surface area contributed by atoms with Crippen LogP contribution in [0.2, 0.25) is 0 Å². The van der Waals surface area contributed by atoms with Gasteiger partial charge in [0.1, 0.15) is 0 Å². The van der Waals surface area contributed by atoms with Crippen molar-refractivity contribution < 1.29 is 0 Å². The van der Waals surface area contributed by atoms with Crippen molar-refractivity contribution in [2.24, 2.45) is 11.1 Å². The number of likely N-dealkylation sites (tertiary alicyclic amines) is 1. The second-order valence-electron chi connectivity index (χ2n) is 4.86. The summed E-state index contributed by atoms with van der Waals surface area (Å²) in [5, 5.41) is 0. The molecule has 2 heteroatoms. The molecule has 1 aliphatic heterocycles. The number of nitrogens with zero attached hydrogens (tertiary/aromatic N) is 1. The smallest absolute Gasteiger partial charge is 0.00130 e. The zero-order valence-corrected chi connectivity index (χ0v) is 8.60. The molecule has 0 bridgehead atoms. The maximum absolute atomic E-state index is 5.84. The minimum absolute atomic E-state index is 0.558. The van der Waals surface area contributed by atoms with Gasteiger partial charge in [0.05, 0.1) is 0 Å². The van der Waals surface area contributed by atoms with Crippen LogP contribution in [-0.4, -0.2) is 31.1 Å². The Balaban J connectivity index is 1.71. The van der Waals surface area contributed by atoms with E-state index in [1.807, 2.05) is 0 Å². The Bertz CT molecular complexity index is 152. The van der Waals surface area contributed by atoms with E-state index < -0.39 is 0 Å². The monoisotopic (exact) mass is 182 g/mol. The molecule has 2 nitrogen and oxygen atoms in total. The number of hydrogen-bond donors (Lipinski definition) is 1. The highest BCUT2D eigenvalue weighted by atomic mass is 15.1. The van der Waals surface area contributed by atoms with Crippen LogP contribution >= 0.6 is 0 Å². The first-order valence-corrected chi connectivity index (χ1v) is 5.77. The molecule has 0 unspecified atom stereocenters. The van der Waals surface area contributed by atoms with E-state index in [0.717, 1.165) is 6.54 Å². The highest BCUT2D eigenvalue weighted by Gasteiger charge is 2.35. The van der Waals surface area contributed by atoms with E-state index in [0.29, 0.717) is 5.41 Å². The molecule has 13 heavy (non-hydrogen) atoms. The summed E-state index contributed by atoms with van der Waals surface area (Å²) in [6.07, 6.45) is 8.36. The minimum Gasteiger partial charge on any atom is -0.330 e. The predicted molar refractivity (Wildman–Crippen MR) is 55.6 cm³/mol. The Hall–Kier alpha value is -0.0800. The third-order valence-corrected chi connectivity index (χ3v) is 4.00. The molecular weight excluding hydrogens is 160 g/mol. The Morgan fingerprint density at radius 3 is 2.23 bits per heavy atom. The van der Waals surface area contributed by atoms with Gasteiger partial charge in [-0.1, -0.05) is 6.42 Å². The SMILES string of the molecule is NCC1(CCN2CCCC2)CCC1. The van der Waals surface area contributed by atoms with Crippen molar-refractivity contribution in [1.29, 1.82) is 0 Å². The Labute approximate surface area is 81.5 Å². The molecule has 2 rings (SSSR count). The van der Waals surface area contributed by atoms with Gasteiger partial charge in [-0.2, -0.15) is 0 Å². The largest absolute Gasteiger partial charge is 0.330 e. The lowest BCUT2D eigenvalue weighted by Crippen LogP contribution is -2.40. The van der Waals surface area contributed by atoms with Crippen LogP contribution in [0.4, 0.5) is 0 Å². The quantitative estimate of drug-likeness (QED) is 0.715. The second-order valence-corrected chi connectivity index (χ2v) is 4.86. The van der Waals surface area contributed by atoms with Crippen molar-refractivity contribution >= 4 is 0 Å². The van der Waals surface area contributed by atoms with Gasteiger partial charge >= 0.3 is 0 Å². The summed E-state index contributed by atoms with van der Waals surface area (Å²) in [7, 11) is 0. The summed E-state index contributed by atoms with van der Waals surface area (Å²) in [6, 6.07) is 0. The molecule has 0 aromatic heterocycles. The maximum Gasteiger partial charge on any atom is -0.00130 e. The lowest BCUT2D eigenvalue weighted by atomic mass is 9.66. The Kier molecular flexibility index (Phi) is 2.89. The third-order valence-electron chi connectivity index (χ3n) is 4.00. The molecule has 2 N–H and O–H groups in total. The first-order valence-electron chi connectivity index (χ1n) is 5.77. The summed E-state index contributed by atoms with van der Waals surface area (Å²) in [5.41, 5.74) is 6.39. The fourth-order valence-corrected chi connectivity index (χ4v) is 2.63. The van der Waals surface area contributed by atoms with Crippen molar-refractivity contribution in [3.05, 3.63) is 0 Å². The molecule has 0 spiro atoms. The summed E-state index contributed by atoms with van der Waals surface area (Å²) >= 11 is 0. The van der Waals surface area contributed by atoms with Gasteiger partial charge in [0.2, 0.25) is 0 Å². The van der Waals surface area contributed by atoms with Crippen LogP contribution in [-0.2, 0) is 0 Å². The molecule has 1 saturated heterocycles. The lowest BCUT2D eigenvalue weighted by Gasteiger charge is -2.42. The van der Waals surface area contributed by atoms with Crippen molar-refractivity contribution in [1.82, 2.24) is 4.90 Å². The molecule has 1 aliphatic carbocycles. The summed E-state index contributed by atoms with van der Waals surface area (Å²) in [4.78, 5) is 2.61. The maximum atomic E-state index is 5.84. The molecule has 0 aromatic rings. The van der Waals surface area contributed by atoms with Gasteiger partial charge in [-0.15, -0.1) is 0 Å². The summed E-state index contributed by atoms with van der Waals surface area (Å²) in [5.74, 6) is 0. The van der Waals surface area contributed by atoms with Gasteiger partial charge in [-0.05, 0) is 63.7 Å². The molecule has 1 heterocycles. The molecule has 2 fully saturated rings. The first-order chi connectivity index (χ1) is 6.35. The molecule has 0 radical (unpaired) electrons. The number of nitrogens with two attached hydrogens (primary N) is 1. The van der Waals surface area contributed by atoms with Crippen LogP contribution in [0, 0.1) is 5.41 Å². The highest BCUT2D eigenvalue weighted by Crippen LogP contribution is 2.43. The zero-order valence-electron chi connectivity index (χ0n) is 8.60. The van der Waals surface area contributed by atoms with Gasteiger partial charge < -0.3 is 10.6 Å². The third kappa shape index (κ3) is 2.05. The lowest BCUT2D eigenvalue weighted by molar-refractivity contribution is 0.112. The summed E-state index contributed by atoms with van der Waals surface area (Å²) in [6.45, 7) is 4.89. The average Bonchev–Trinajstić information content (AvgIpc) is 2.56. The molecule has 0 aromatic carbocycles. The van der Waals surface area contributed by atoms with E-state index in [2.05, 4.69) is 4.90 Å². The van der Waals surface area contributed by atoms with Crippen LogP contribution in [0.1, 0.15) is 38.5 Å². The Morgan fingerprint density at radius 2 is 1.77 bits per heavy atom. The van der Waals surface area contributed by atoms with Crippen molar-refractivity contribution in [2.75, 3.05) is 26.2 Å².